The van der Waals surface area contributed by atoms with Gasteiger partial charge in [-0.1, -0.05) is 31.5 Å². The molecule has 0 spiro atoms. The van der Waals surface area contributed by atoms with Crippen molar-refractivity contribution in [3.05, 3.63) is 29.8 Å². The number of nitrogens with one attached hydrogen (secondary N) is 1. The lowest BCUT2D eigenvalue weighted by atomic mass is 10.1. The van der Waals surface area contributed by atoms with E-state index < -0.39 is 0 Å². The molecule has 0 radical (unpaired) electrons. The minimum absolute atomic E-state index is 0.643. The fraction of sp³-hybridized carbons (Fsp3) is 0.667. The van der Waals surface area contributed by atoms with Crippen molar-refractivity contribution in [2.24, 2.45) is 0 Å². The molecule has 120 valence electrons. The van der Waals surface area contributed by atoms with Gasteiger partial charge in [-0.25, -0.2) is 0 Å². The molecule has 0 amide bonds. The average Bonchev–Trinajstić information content (AvgIpc) is 2.50. The predicted octanol–water partition coefficient (Wildman–Crippen LogP) is 3.69. The molecule has 0 saturated heterocycles. The van der Waals surface area contributed by atoms with Crippen LogP contribution in [0.25, 0.3) is 0 Å². The zero-order chi connectivity index (χ0) is 15.5. The Kier molecular flexibility index (Phi) is 9.11. The van der Waals surface area contributed by atoms with Crippen LogP contribution in [0.15, 0.2) is 24.3 Å². The second-order valence-corrected chi connectivity index (χ2v) is 5.90. The maximum atomic E-state index is 5.41. The zero-order valence-electron chi connectivity index (χ0n) is 14.2. The molecule has 3 heteroatoms. The molecule has 1 unspecified atom stereocenters. The van der Waals surface area contributed by atoms with Crippen LogP contribution in [0.5, 0.6) is 5.75 Å². The van der Waals surface area contributed by atoms with E-state index in [0.717, 1.165) is 25.4 Å². The monoisotopic (exact) mass is 292 g/mol. The molecule has 0 aromatic heterocycles. The van der Waals surface area contributed by atoms with Crippen LogP contribution in [0.4, 0.5) is 0 Å². The van der Waals surface area contributed by atoms with Crippen molar-refractivity contribution < 1.29 is 4.74 Å². The van der Waals surface area contributed by atoms with Crippen molar-refractivity contribution in [1.29, 1.82) is 0 Å². The van der Waals surface area contributed by atoms with Gasteiger partial charge in [-0.3, -0.25) is 0 Å². The van der Waals surface area contributed by atoms with Gasteiger partial charge in [0.1, 0.15) is 5.75 Å². The standard InChI is InChI=1S/C18H32N2O/c1-5-13-19-16(2)10-8-9-14-20(3)15-17-11-6-7-12-18(17)21-4/h6-7,11-12,16,19H,5,8-10,13-15H2,1-4H3. The summed E-state index contributed by atoms with van der Waals surface area (Å²) in [7, 11) is 3.93. The van der Waals surface area contributed by atoms with Gasteiger partial charge in [0.2, 0.25) is 0 Å². The fourth-order valence-electron chi connectivity index (χ4n) is 2.53. The third-order valence-corrected chi connectivity index (χ3v) is 3.80. The first-order chi connectivity index (χ1) is 10.2. The number of benzene rings is 1. The molecule has 1 atom stereocenters. The number of unbranched alkanes of at least 4 members (excludes halogenated alkanes) is 1. The molecular weight excluding hydrogens is 260 g/mol. The Morgan fingerprint density at radius 3 is 2.71 bits per heavy atom. The number of methoxy groups -OCH3 is 1. The van der Waals surface area contributed by atoms with E-state index in [2.05, 4.69) is 43.2 Å². The Morgan fingerprint density at radius 2 is 2.00 bits per heavy atom. The van der Waals surface area contributed by atoms with Gasteiger partial charge in [-0.05, 0) is 52.4 Å². The van der Waals surface area contributed by atoms with Crippen molar-refractivity contribution in [3.63, 3.8) is 0 Å². The smallest absolute Gasteiger partial charge is 0.123 e. The van der Waals surface area contributed by atoms with E-state index in [-0.39, 0.29) is 0 Å². The highest BCUT2D eigenvalue weighted by Gasteiger charge is 2.06. The van der Waals surface area contributed by atoms with Crippen LogP contribution in [-0.4, -0.2) is 38.2 Å². The van der Waals surface area contributed by atoms with Gasteiger partial charge in [0.25, 0.3) is 0 Å². The third-order valence-electron chi connectivity index (χ3n) is 3.80. The number of nitrogens with zero attached hydrogens (tertiary/aromatic N) is 1. The van der Waals surface area contributed by atoms with Gasteiger partial charge in [-0.2, -0.15) is 0 Å². The summed E-state index contributed by atoms with van der Waals surface area (Å²) in [5, 5.41) is 3.55. The summed E-state index contributed by atoms with van der Waals surface area (Å²) in [4.78, 5) is 2.38. The quantitative estimate of drug-likeness (QED) is 0.630. The van der Waals surface area contributed by atoms with Gasteiger partial charge in [0.15, 0.2) is 0 Å². The molecule has 0 saturated carbocycles. The lowest BCUT2D eigenvalue weighted by molar-refractivity contribution is 0.306. The lowest BCUT2D eigenvalue weighted by Crippen LogP contribution is -2.27. The number of hydrogen-bond acceptors (Lipinski definition) is 3. The van der Waals surface area contributed by atoms with E-state index in [1.165, 1.54) is 31.2 Å². The Morgan fingerprint density at radius 1 is 1.24 bits per heavy atom. The lowest BCUT2D eigenvalue weighted by Gasteiger charge is -2.19. The summed E-state index contributed by atoms with van der Waals surface area (Å²) in [6.07, 6.45) is 5.02. The van der Waals surface area contributed by atoms with Crippen LogP contribution in [0.3, 0.4) is 0 Å². The Bertz CT molecular complexity index is 381. The predicted molar refractivity (Wildman–Crippen MR) is 90.9 cm³/mol. The second-order valence-electron chi connectivity index (χ2n) is 5.90. The van der Waals surface area contributed by atoms with Crippen LogP contribution in [-0.2, 0) is 6.54 Å². The average molecular weight is 292 g/mol. The summed E-state index contributed by atoms with van der Waals surface area (Å²) in [6, 6.07) is 8.92. The summed E-state index contributed by atoms with van der Waals surface area (Å²) >= 11 is 0. The van der Waals surface area contributed by atoms with Crippen LogP contribution < -0.4 is 10.1 Å². The van der Waals surface area contributed by atoms with Gasteiger partial charge in [0, 0.05) is 18.2 Å². The minimum atomic E-state index is 0.643. The van der Waals surface area contributed by atoms with E-state index in [1.807, 2.05) is 12.1 Å². The Labute approximate surface area is 130 Å². The molecule has 1 aromatic carbocycles. The molecule has 1 N–H and O–H groups in total. The molecule has 0 heterocycles. The molecule has 0 aliphatic rings. The first-order valence-corrected chi connectivity index (χ1v) is 8.21. The molecule has 1 aromatic rings. The maximum Gasteiger partial charge on any atom is 0.123 e. The molecule has 0 aliphatic heterocycles. The number of hydrogen-bond donors (Lipinski definition) is 1. The summed E-state index contributed by atoms with van der Waals surface area (Å²) in [5.74, 6) is 0.988. The molecule has 21 heavy (non-hydrogen) atoms. The molecule has 0 aliphatic carbocycles. The maximum absolute atomic E-state index is 5.41. The van der Waals surface area contributed by atoms with E-state index >= 15 is 0 Å². The summed E-state index contributed by atoms with van der Waals surface area (Å²) in [5.41, 5.74) is 1.26. The third kappa shape index (κ3) is 7.49. The van der Waals surface area contributed by atoms with E-state index in [1.54, 1.807) is 7.11 Å². The van der Waals surface area contributed by atoms with Crippen molar-refractivity contribution in [2.75, 3.05) is 27.2 Å². The highest BCUT2D eigenvalue weighted by Crippen LogP contribution is 2.18. The number of rotatable bonds is 11. The topological polar surface area (TPSA) is 24.5 Å². The van der Waals surface area contributed by atoms with E-state index in [4.69, 9.17) is 4.74 Å². The summed E-state index contributed by atoms with van der Waals surface area (Å²) in [6.45, 7) is 7.72. The van der Waals surface area contributed by atoms with Crippen molar-refractivity contribution in [1.82, 2.24) is 10.2 Å². The fourth-order valence-corrected chi connectivity index (χ4v) is 2.53. The minimum Gasteiger partial charge on any atom is -0.496 e. The second kappa shape index (κ2) is 10.6. The van der Waals surface area contributed by atoms with Gasteiger partial charge in [-0.15, -0.1) is 0 Å². The molecule has 0 fully saturated rings. The van der Waals surface area contributed by atoms with Gasteiger partial charge >= 0.3 is 0 Å². The normalized spacial score (nSPS) is 12.6. The molecule has 1 rings (SSSR count). The number of para-hydroxylation sites is 1. The van der Waals surface area contributed by atoms with Gasteiger partial charge in [0.05, 0.1) is 7.11 Å². The highest BCUT2D eigenvalue weighted by atomic mass is 16.5. The zero-order valence-corrected chi connectivity index (χ0v) is 14.2. The highest BCUT2D eigenvalue weighted by molar-refractivity contribution is 5.32. The molecular formula is C18H32N2O. The summed E-state index contributed by atoms with van der Waals surface area (Å²) < 4.78 is 5.41. The largest absolute Gasteiger partial charge is 0.496 e. The van der Waals surface area contributed by atoms with Crippen LogP contribution in [0.1, 0.15) is 45.1 Å². The number of ether oxygens (including phenoxy) is 1. The van der Waals surface area contributed by atoms with Crippen molar-refractivity contribution >= 4 is 0 Å². The Hall–Kier alpha value is -1.06. The molecule has 0 bridgehead atoms. The van der Waals surface area contributed by atoms with E-state index in [0.29, 0.717) is 6.04 Å². The van der Waals surface area contributed by atoms with Gasteiger partial charge < -0.3 is 15.0 Å². The molecule has 3 nitrogen and oxygen atoms in total. The SMILES string of the molecule is CCCNC(C)CCCCN(C)Cc1ccccc1OC. The first-order valence-electron chi connectivity index (χ1n) is 8.21. The Balaban J connectivity index is 2.20. The van der Waals surface area contributed by atoms with Crippen LogP contribution in [0, 0.1) is 0 Å². The first kappa shape index (κ1) is 18.0. The van der Waals surface area contributed by atoms with Crippen LogP contribution >= 0.6 is 0 Å². The van der Waals surface area contributed by atoms with Crippen molar-refractivity contribution in [3.8, 4) is 5.75 Å². The van der Waals surface area contributed by atoms with Crippen molar-refractivity contribution in [2.45, 2.75) is 52.1 Å². The van der Waals surface area contributed by atoms with Crippen LogP contribution in [0.2, 0.25) is 0 Å². The van der Waals surface area contributed by atoms with E-state index in [9.17, 15) is 0 Å².